The van der Waals surface area contributed by atoms with Gasteiger partial charge in [-0.2, -0.15) is 0 Å². The molecular formula is C18H34IO2Sn. The molecule has 0 aliphatic rings. The van der Waals surface area contributed by atoms with E-state index in [1.54, 1.807) is 30.4 Å². The van der Waals surface area contributed by atoms with Crippen LogP contribution in [0.2, 0.25) is 13.3 Å². The predicted molar refractivity (Wildman–Crippen MR) is 109 cm³/mol. The van der Waals surface area contributed by atoms with Gasteiger partial charge in [-0.1, -0.05) is 28.7 Å². The Morgan fingerprint density at radius 2 is 1.41 bits per heavy atom. The zero-order valence-corrected chi connectivity index (χ0v) is 19.8. The van der Waals surface area contributed by atoms with Crippen LogP contribution in [0.15, 0.2) is 21.8 Å². The van der Waals surface area contributed by atoms with Crippen LogP contribution in [0.4, 0.5) is 0 Å². The maximum absolute atomic E-state index is 9.97. The molecule has 0 heterocycles. The molecule has 0 unspecified atom stereocenters. The third-order valence-electron chi connectivity index (χ3n) is 3.33. The van der Waals surface area contributed by atoms with Crippen molar-refractivity contribution in [1.82, 2.24) is 0 Å². The molecule has 0 fully saturated rings. The van der Waals surface area contributed by atoms with Crippen molar-refractivity contribution in [3.63, 3.8) is 0 Å². The van der Waals surface area contributed by atoms with Gasteiger partial charge in [0.25, 0.3) is 0 Å². The number of aliphatic carboxylic acids is 1. The van der Waals surface area contributed by atoms with E-state index < -0.39 is 25.7 Å². The number of carboxylic acid groups (broad SMARTS) is 1. The van der Waals surface area contributed by atoms with Gasteiger partial charge in [-0.05, 0) is 16.6 Å². The second kappa shape index (κ2) is 19.5. The average Bonchev–Trinajstić information content (AvgIpc) is 2.46. The van der Waals surface area contributed by atoms with Gasteiger partial charge < -0.3 is 5.11 Å². The number of hydrogen-bond donors (Lipinski definition) is 1. The second-order valence-electron chi connectivity index (χ2n) is 5.58. The number of unbranched alkanes of at least 4 members (excludes halogenated alkanes) is 3. The van der Waals surface area contributed by atoms with Crippen molar-refractivity contribution >= 4 is 48.3 Å². The van der Waals surface area contributed by atoms with Gasteiger partial charge in [-0.3, -0.25) is 0 Å². The van der Waals surface area contributed by atoms with Crippen LogP contribution in [-0.4, -0.2) is 30.8 Å². The SMILES string of the molecule is CC(=C/C(=O)O)/C=C/I.CCC[CH2][Sn]([CH2]CCC)[CH2]CCC. The van der Waals surface area contributed by atoms with Crippen LogP contribution in [0.25, 0.3) is 0 Å². The molecule has 0 spiro atoms. The van der Waals surface area contributed by atoms with Crippen LogP contribution in [-0.2, 0) is 4.79 Å². The van der Waals surface area contributed by atoms with E-state index in [1.807, 2.05) is 22.6 Å². The van der Waals surface area contributed by atoms with Crippen LogP contribution < -0.4 is 0 Å². The molecule has 0 atom stereocenters. The van der Waals surface area contributed by atoms with Crippen LogP contribution >= 0.6 is 22.6 Å². The molecule has 0 saturated carbocycles. The molecular weight excluding hydrogens is 494 g/mol. The molecule has 0 aromatic carbocycles. The second-order valence-corrected chi connectivity index (χ2v) is 14.9. The molecule has 2 nitrogen and oxygen atoms in total. The topological polar surface area (TPSA) is 37.3 Å². The molecule has 1 N–H and O–H groups in total. The van der Waals surface area contributed by atoms with E-state index in [-0.39, 0.29) is 0 Å². The Kier molecular flexibility index (Phi) is 21.9. The van der Waals surface area contributed by atoms with Crippen molar-refractivity contribution in [2.24, 2.45) is 0 Å². The molecule has 0 amide bonds. The normalized spacial score (nSPS) is 11.6. The Labute approximate surface area is 158 Å². The van der Waals surface area contributed by atoms with Crippen LogP contribution in [0.5, 0.6) is 0 Å². The maximum atomic E-state index is 9.97. The van der Waals surface area contributed by atoms with E-state index >= 15 is 0 Å². The third kappa shape index (κ3) is 20.5. The molecule has 22 heavy (non-hydrogen) atoms. The van der Waals surface area contributed by atoms with Gasteiger partial charge in [0, 0.05) is 6.08 Å². The van der Waals surface area contributed by atoms with Crippen LogP contribution in [0.1, 0.15) is 66.2 Å². The first-order valence-corrected chi connectivity index (χ1v) is 15.8. The predicted octanol–water partition coefficient (Wildman–Crippen LogP) is 6.85. The zero-order valence-electron chi connectivity index (χ0n) is 14.8. The van der Waals surface area contributed by atoms with Crippen molar-refractivity contribution in [3.05, 3.63) is 21.8 Å². The Balaban J connectivity index is 0. The van der Waals surface area contributed by atoms with E-state index in [9.17, 15) is 4.79 Å². The van der Waals surface area contributed by atoms with E-state index in [4.69, 9.17) is 5.11 Å². The molecule has 129 valence electrons. The molecule has 0 bridgehead atoms. The summed E-state index contributed by atoms with van der Waals surface area (Å²) in [6, 6.07) is 0. The van der Waals surface area contributed by atoms with Gasteiger partial charge in [0.2, 0.25) is 0 Å². The summed E-state index contributed by atoms with van der Waals surface area (Å²) in [4.78, 5) is 9.97. The zero-order chi connectivity index (χ0) is 17.2. The standard InChI is InChI=1S/C6H7IO2.3C4H9.Sn/c1-5(2-3-7)4-6(8)9;3*1-3-4-2;/h2-4H,1H3,(H,8,9);3*1,3-4H2,2H3;/b3-2+,5-4-;;;;. The number of hydrogen-bond acceptors (Lipinski definition) is 1. The van der Waals surface area contributed by atoms with Crippen molar-refractivity contribution in [2.75, 3.05) is 0 Å². The summed E-state index contributed by atoms with van der Waals surface area (Å²) in [6.45, 7) is 8.74. The summed E-state index contributed by atoms with van der Waals surface area (Å²) in [7, 11) is 0. The van der Waals surface area contributed by atoms with Gasteiger partial charge in [0.15, 0.2) is 0 Å². The molecule has 0 rings (SSSR count). The minimum atomic E-state index is -0.901. The van der Waals surface area contributed by atoms with E-state index in [0.29, 0.717) is 0 Å². The van der Waals surface area contributed by atoms with Crippen molar-refractivity contribution in [2.45, 2.75) is 79.5 Å². The first kappa shape index (κ1) is 24.7. The van der Waals surface area contributed by atoms with Crippen molar-refractivity contribution in [3.8, 4) is 0 Å². The van der Waals surface area contributed by atoms with Crippen LogP contribution in [0.3, 0.4) is 0 Å². The number of rotatable bonds is 11. The molecule has 0 aliphatic heterocycles. The summed E-state index contributed by atoms with van der Waals surface area (Å²) < 4.78 is 6.81. The van der Waals surface area contributed by atoms with Gasteiger partial charge in [0.1, 0.15) is 0 Å². The van der Waals surface area contributed by atoms with Gasteiger partial charge in [-0.15, -0.1) is 0 Å². The molecule has 0 saturated heterocycles. The summed E-state index contributed by atoms with van der Waals surface area (Å²) in [5.41, 5.74) is 0.747. The summed E-state index contributed by atoms with van der Waals surface area (Å²) >= 11 is 1.20. The molecule has 4 heteroatoms. The fraction of sp³-hybridized carbons (Fsp3) is 0.722. The fourth-order valence-corrected chi connectivity index (χ4v) is 12.0. The monoisotopic (exact) mass is 529 g/mol. The first-order chi connectivity index (χ1) is 10.5. The Hall–Kier alpha value is 0.479. The summed E-state index contributed by atoms with van der Waals surface area (Å²) in [6.07, 6.45) is 11.7. The minimum absolute atomic E-state index is 0.747. The van der Waals surface area contributed by atoms with Crippen LogP contribution in [0, 0.1) is 0 Å². The molecule has 0 aliphatic carbocycles. The quantitative estimate of drug-likeness (QED) is 0.138. The number of carboxylic acids is 1. The first-order valence-electron chi connectivity index (χ1n) is 8.53. The average molecular weight is 528 g/mol. The van der Waals surface area contributed by atoms with Gasteiger partial charge >= 0.3 is 98.3 Å². The third-order valence-corrected chi connectivity index (χ3v) is 12.8. The fourth-order valence-electron chi connectivity index (χ4n) is 2.00. The molecule has 0 aromatic heterocycles. The summed E-state index contributed by atoms with van der Waals surface area (Å²) in [5.74, 6) is -0.901. The van der Waals surface area contributed by atoms with E-state index in [0.717, 1.165) is 11.6 Å². The van der Waals surface area contributed by atoms with E-state index in [2.05, 4.69) is 20.8 Å². The van der Waals surface area contributed by atoms with Crippen molar-refractivity contribution < 1.29 is 9.90 Å². The van der Waals surface area contributed by atoms with Crippen molar-refractivity contribution in [1.29, 1.82) is 0 Å². The number of carbonyl (C=O) groups is 1. The molecule has 0 aromatic rings. The van der Waals surface area contributed by atoms with Gasteiger partial charge in [-0.25, -0.2) is 4.79 Å². The number of halogens is 1. The Morgan fingerprint density at radius 1 is 1.00 bits per heavy atom. The van der Waals surface area contributed by atoms with Gasteiger partial charge in [0.05, 0.1) is 0 Å². The number of allylic oxidation sites excluding steroid dienone is 2. The van der Waals surface area contributed by atoms with E-state index in [1.165, 1.54) is 38.5 Å². The molecule has 1 radical (unpaired) electrons. The summed E-state index contributed by atoms with van der Waals surface area (Å²) in [5, 5.41) is 8.20. The Morgan fingerprint density at radius 3 is 1.68 bits per heavy atom. The Bertz CT molecular complexity index is 295.